The summed E-state index contributed by atoms with van der Waals surface area (Å²) in [7, 11) is 0. The second-order valence-corrected chi connectivity index (χ2v) is 5.89. The number of aromatic nitrogens is 1. The van der Waals surface area contributed by atoms with E-state index in [4.69, 9.17) is 17.3 Å². The molecular formula is C16H18ClN3O. The molecule has 1 aliphatic rings. The van der Waals surface area contributed by atoms with Crippen LogP contribution in [-0.4, -0.2) is 28.4 Å². The van der Waals surface area contributed by atoms with Gasteiger partial charge in [-0.2, -0.15) is 0 Å². The van der Waals surface area contributed by atoms with Crippen LogP contribution in [0.5, 0.6) is 0 Å². The van der Waals surface area contributed by atoms with Crippen LogP contribution in [0.3, 0.4) is 0 Å². The van der Waals surface area contributed by atoms with Crippen molar-refractivity contribution in [1.82, 2.24) is 9.88 Å². The summed E-state index contributed by atoms with van der Waals surface area (Å²) in [6, 6.07) is 7.59. The standard InChI is InChI=1S/C16H18ClN3O/c17-13-7-6-11-4-3-8-19-15(11)12(13)10-20-9-2-1-5-14(20)16(18)21/h3-4,6-8,14H,1-2,5,9-10H2,(H2,18,21). The second kappa shape index (κ2) is 6.00. The summed E-state index contributed by atoms with van der Waals surface area (Å²) in [5.41, 5.74) is 7.41. The van der Waals surface area contributed by atoms with E-state index in [1.165, 1.54) is 0 Å². The largest absolute Gasteiger partial charge is 0.368 e. The van der Waals surface area contributed by atoms with Gasteiger partial charge in [0.05, 0.1) is 11.6 Å². The molecule has 1 aromatic carbocycles. The van der Waals surface area contributed by atoms with Gasteiger partial charge in [0.25, 0.3) is 0 Å². The SMILES string of the molecule is NC(=O)C1CCCCN1Cc1c(Cl)ccc2cccnc12. The van der Waals surface area contributed by atoms with Gasteiger partial charge in [-0.25, -0.2) is 0 Å². The summed E-state index contributed by atoms with van der Waals surface area (Å²) >= 11 is 6.37. The van der Waals surface area contributed by atoms with Crippen LogP contribution in [0.4, 0.5) is 0 Å². The van der Waals surface area contributed by atoms with Crippen LogP contribution in [0.25, 0.3) is 10.9 Å². The van der Waals surface area contributed by atoms with Gasteiger partial charge < -0.3 is 5.73 Å². The lowest BCUT2D eigenvalue weighted by atomic mass is 10.00. The number of nitrogens with zero attached hydrogens (tertiary/aromatic N) is 2. The maximum absolute atomic E-state index is 11.6. The number of hydrogen-bond donors (Lipinski definition) is 1. The Hall–Kier alpha value is -1.65. The number of hydrogen-bond acceptors (Lipinski definition) is 3. The van der Waals surface area contributed by atoms with Gasteiger partial charge in [0.1, 0.15) is 0 Å². The fourth-order valence-electron chi connectivity index (χ4n) is 3.04. The first kappa shape index (κ1) is 14.3. The van der Waals surface area contributed by atoms with Gasteiger partial charge >= 0.3 is 0 Å². The molecule has 0 saturated carbocycles. The molecule has 1 aliphatic heterocycles. The normalized spacial score (nSPS) is 19.8. The van der Waals surface area contributed by atoms with Gasteiger partial charge in [-0.15, -0.1) is 0 Å². The molecule has 4 nitrogen and oxygen atoms in total. The Labute approximate surface area is 128 Å². The third-order valence-corrected chi connectivity index (χ3v) is 4.48. The van der Waals surface area contributed by atoms with Crippen molar-refractivity contribution >= 4 is 28.4 Å². The first-order chi connectivity index (χ1) is 10.2. The van der Waals surface area contributed by atoms with E-state index < -0.39 is 0 Å². The van der Waals surface area contributed by atoms with Crippen LogP contribution < -0.4 is 5.73 Å². The van der Waals surface area contributed by atoms with Crippen molar-refractivity contribution < 1.29 is 4.79 Å². The smallest absolute Gasteiger partial charge is 0.234 e. The average Bonchev–Trinajstić information content (AvgIpc) is 2.50. The zero-order valence-electron chi connectivity index (χ0n) is 11.8. The number of rotatable bonds is 3. The number of nitrogens with two attached hydrogens (primary N) is 1. The van der Waals surface area contributed by atoms with Gasteiger partial charge in [-0.05, 0) is 31.5 Å². The Bertz CT molecular complexity index is 674. The van der Waals surface area contributed by atoms with Crippen molar-refractivity contribution in [1.29, 1.82) is 0 Å². The molecule has 1 aromatic heterocycles. The first-order valence-electron chi connectivity index (χ1n) is 7.22. The molecule has 5 heteroatoms. The van der Waals surface area contributed by atoms with Gasteiger partial charge in [-0.3, -0.25) is 14.7 Å². The Balaban J connectivity index is 1.97. The number of benzene rings is 1. The highest BCUT2D eigenvalue weighted by Crippen LogP contribution is 2.28. The highest BCUT2D eigenvalue weighted by Gasteiger charge is 2.27. The molecule has 110 valence electrons. The molecule has 0 bridgehead atoms. The van der Waals surface area contributed by atoms with E-state index in [1.54, 1.807) is 6.20 Å². The Morgan fingerprint density at radius 1 is 1.38 bits per heavy atom. The highest BCUT2D eigenvalue weighted by molar-refractivity contribution is 6.32. The minimum atomic E-state index is -0.251. The highest BCUT2D eigenvalue weighted by atomic mass is 35.5. The third-order valence-electron chi connectivity index (χ3n) is 4.13. The maximum atomic E-state index is 11.6. The van der Waals surface area contributed by atoms with Crippen molar-refractivity contribution in [3.05, 3.63) is 41.0 Å². The minimum absolute atomic E-state index is 0.200. The van der Waals surface area contributed by atoms with Gasteiger partial charge in [0.2, 0.25) is 5.91 Å². The molecular weight excluding hydrogens is 286 g/mol. The molecule has 1 fully saturated rings. The van der Waals surface area contributed by atoms with Crippen molar-refractivity contribution in [3.8, 4) is 0 Å². The average molecular weight is 304 g/mol. The number of likely N-dealkylation sites (tertiary alicyclic amines) is 1. The number of fused-ring (bicyclic) bond motifs is 1. The number of amides is 1. The van der Waals surface area contributed by atoms with Crippen LogP contribution >= 0.6 is 11.6 Å². The van der Waals surface area contributed by atoms with Crippen molar-refractivity contribution in [3.63, 3.8) is 0 Å². The molecule has 3 rings (SSSR count). The quantitative estimate of drug-likeness (QED) is 0.948. The molecule has 21 heavy (non-hydrogen) atoms. The van der Waals surface area contributed by atoms with Crippen LogP contribution in [-0.2, 0) is 11.3 Å². The summed E-state index contributed by atoms with van der Waals surface area (Å²) in [6.07, 6.45) is 4.72. The van der Waals surface area contributed by atoms with E-state index in [-0.39, 0.29) is 11.9 Å². The summed E-state index contributed by atoms with van der Waals surface area (Å²) in [5.74, 6) is -0.251. The fourth-order valence-corrected chi connectivity index (χ4v) is 3.25. The molecule has 0 aliphatic carbocycles. The summed E-state index contributed by atoms with van der Waals surface area (Å²) < 4.78 is 0. The van der Waals surface area contributed by atoms with Crippen LogP contribution in [0.1, 0.15) is 24.8 Å². The molecule has 2 heterocycles. The summed E-state index contributed by atoms with van der Waals surface area (Å²) in [5, 5.41) is 1.75. The number of pyridine rings is 1. The number of carbonyl (C=O) groups is 1. The van der Waals surface area contributed by atoms with Gasteiger partial charge in [0.15, 0.2) is 0 Å². The Kier molecular flexibility index (Phi) is 4.08. The fraction of sp³-hybridized carbons (Fsp3) is 0.375. The number of carbonyl (C=O) groups excluding carboxylic acids is 1. The van der Waals surface area contributed by atoms with Crippen LogP contribution in [0, 0.1) is 0 Å². The Morgan fingerprint density at radius 3 is 3.05 bits per heavy atom. The van der Waals surface area contributed by atoms with E-state index in [0.717, 1.165) is 42.3 Å². The van der Waals surface area contributed by atoms with Crippen LogP contribution in [0.15, 0.2) is 30.5 Å². The van der Waals surface area contributed by atoms with Gasteiger partial charge in [0, 0.05) is 28.7 Å². The van der Waals surface area contributed by atoms with E-state index in [2.05, 4.69) is 9.88 Å². The van der Waals surface area contributed by atoms with E-state index in [1.807, 2.05) is 24.3 Å². The van der Waals surface area contributed by atoms with E-state index in [9.17, 15) is 4.79 Å². The van der Waals surface area contributed by atoms with Crippen molar-refractivity contribution in [2.45, 2.75) is 31.8 Å². The second-order valence-electron chi connectivity index (χ2n) is 5.49. The molecule has 1 atom stereocenters. The molecule has 0 spiro atoms. The minimum Gasteiger partial charge on any atom is -0.368 e. The Morgan fingerprint density at radius 2 is 2.24 bits per heavy atom. The predicted molar refractivity (Wildman–Crippen MR) is 84.0 cm³/mol. The maximum Gasteiger partial charge on any atom is 0.234 e. The molecule has 0 radical (unpaired) electrons. The molecule has 1 saturated heterocycles. The zero-order valence-corrected chi connectivity index (χ0v) is 12.5. The van der Waals surface area contributed by atoms with Crippen LogP contribution in [0.2, 0.25) is 5.02 Å². The number of halogens is 1. The lowest BCUT2D eigenvalue weighted by molar-refractivity contribution is -0.124. The third kappa shape index (κ3) is 2.87. The molecule has 2 aromatic rings. The van der Waals surface area contributed by atoms with E-state index in [0.29, 0.717) is 11.6 Å². The molecule has 1 unspecified atom stereocenters. The van der Waals surface area contributed by atoms with Gasteiger partial charge in [-0.1, -0.05) is 30.2 Å². The monoisotopic (exact) mass is 303 g/mol. The first-order valence-corrected chi connectivity index (χ1v) is 7.60. The lowest BCUT2D eigenvalue weighted by Crippen LogP contribution is -2.47. The number of piperidine rings is 1. The number of primary amides is 1. The summed E-state index contributed by atoms with van der Waals surface area (Å²) in [4.78, 5) is 18.2. The van der Waals surface area contributed by atoms with Crippen molar-refractivity contribution in [2.24, 2.45) is 5.73 Å². The molecule has 1 amide bonds. The molecule has 2 N–H and O–H groups in total. The topological polar surface area (TPSA) is 59.2 Å². The summed E-state index contributed by atoms with van der Waals surface area (Å²) in [6.45, 7) is 1.48. The van der Waals surface area contributed by atoms with Crippen molar-refractivity contribution in [2.75, 3.05) is 6.54 Å². The predicted octanol–water partition coefficient (Wildman–Crippen LogP) is 2.73. The zero-order chi connectivity index (χ0) is 14.8. The lowest BCUT2D eigenvalue weighted by Gasteiger charge is -2.33. The van der Waals surface area contributed by atoms with E-state index >= 15 is 0 Å².